The highest BCUT2D eigenvalue weighted by Crippen LogP contribution is 2.22. The van der Waals surface area contributed by atoms with Gasteiger partial charge in [-0.25, -0.2) is 8.42 Å². The van der Waals surface area contributed by atoms with E-state index in [1.807, 2.05) is 0 Å². The summed E-state index contributed by atoms with van der Waals surface area (Å²) in [6, 6.07) is 5.22. The van der Waals surface area contributed by atoms with E-state index in [1.165, 1.54) is 24.3 Å². The van der Waals surface area contributed by atoms with Crippen molar-refractivity contribution < 1.29 is 13.2 Å². The van der Waals surface area contributed by atoms with E-state index >= 15 is 0 Å². The van der Waals surface area contributed by atoms with Crippen molar-refractivity contribution in [2.45, 2.75) is 17.4 Å². The first-order chi connectivity index (χ1) is 7.99. The lowest BCUT2D eigenvalue weighted by Gasteiger charge is -2.10. The molecule has 7 heteroatoms. The maximum Gasteiger partial charge on any atom is 0.241 e. The maximum absolute atomic E-state index is 11.9. The molecule has 1 fully saturated rings. The molecule has 1 atom stereocenters. The van der Waals surface area contributed by atoms with Gasteiger partial charge in [0.05, 0.1) is 10.9 Å². The van der Waals surface area contributed by atoms with Gasteiger partial charge < -0.3 is 0 Å². The van der Waals surface area contributed by atoms with Crippen molar-refractivity contribution in [2.24, 2.45) is 0 Å². The summed E-state index contributed by atoms with van der Waals surface area (Å²) in [6.45, 7) is 0. The molecule has 0 radical (unpaired) electrons. The Labute approximate surface area is 109 Å². The first-order valence-electron chi connectivity index (χ1n) is 4.93. The predicted molar refractivity (Wildman–Crippen MR) is 67.6 cm³/mol. The molecule has 4 nitrogen and oxygen atoms in total. The van der Waals surface area contributed by atoms with Crippen LogP contribution < -0.4 is 4.72 Å². The van der Waals surface area contributed by atoms with Crippen LogP contribution in [0.1, 0.15) is 6.42 Å². The second-order valence-electron chi connectivity index (χ2n) is 3.58. The Balaban J connectivity index is 2.19. The third-order valence-corrected chi connectivity index (χ3v) is 5.11. The molecular formula is C10H10ClNO3S2. The van der Waals surface area contributed by atoms with Gasteiger partial charge in [-0.1, -0.05) is 23.4 Å². The molecule has 0 spiro atoms. The van der Waals surface area contributed by atoms with Crippen molar-refractivity contribution >= 4 is 38.5 Å². The molecule has 1 heterocycles. The Hall–Kier alpha value is -0.560. The van der Waals surface area contributed by atoms with Crippen molar-refractivity contribution in [3.05, 3.63) is 29.3 Å². The highest BCUT2D eigenvalue weighted by Gasteiger charge is 2.29. The molecule has 0 saturated carbocycles. The molecule has 1 aliphatic heterocycles. The predicted octanol–water partition coefficient (Wildman–Crippen LogP) is 1.65. The molecule has 1 aromatic carbocycles. The van der Waals surface area contributed by atoms with Crippen LogP contribution in [0, 0.1) is 0 Å². The monoisotopic (exact) mass is 291 g/mol. The van der Waals surface area contributed by atoms with E-state index in [9.17, 15) is 13.2 Å². The molecule has 1 N–H and O–H groups in total. The number of hydrogen-bond donors (Lipinski definition) is 1. The Morgan fingerprint density at radius 1 is 1.29 bits per heavy atom. The number of carbonyl (C=O) groups is 1. The van der Waals surface area contributed by atoms with E-state index in [0.717, 1.165) is 11.8 Å². The lowest BCUT2D eigenvalue weighted by Crippen LogP contribution is -2.37. The Bertz CT molecular complexity index is 527. The van der Waals surface area contributed by atoms with Crippen LogP contribution in [0.25, 0.3) is 0 Å². The second kappa shape index (κ2) is 4.97. The third-order valence-electron chi connectivity index (χ3n) is 2.36. The highest BCUT2D eigenvalue weighted by atomic mass is 35.5. The molecule has 0 aliphatic carbocycles. The number of hydrogen-bond acceptors (Lipinski definition) is 4. The van der Waals surface area contributed by atoms with E-state index in [-0.39, 0.29) is 10.0 Å². The Morgan fingerprint density at radius 2 is 1.94 bits per heavy atom. The molecule has 0 amide bonds. The van der Waals surface area contributed by atoms with Crippen molar-refractivity contribution in [2.75, 3.05) is 5.75 Å². The van der Waals surface area contributed by atoms with Crippen LogP contribution in [0.4, 0.5) is 0 Å². The van der Waals surface area contributed by atoms with Crippen LogP contribution in [-0.2, 0) is 14.8 Å². The van der Waals surface area contributed by atoms with Gasteiger partial charge in [-0.05, 0) is 30.7 Å². The summed E-state index contributed by atoms with van der Waals surface area (Å²) in [5.74, 6) is 0.659. The molecule has 0 aromatic heterocycles. The average molecular weight is 292 g/mol. The number of carbonyl (C=O) groups excluding carboxylic acids is 1. The molecule has 0 bridgehead atoms. The van der Waals surface area contributed by atoms with Crippen molar-refractivity contribution in [3.8, 4) is 0 Å². The zero-order chi connectivity index (χ0) is 12.5. The minimum absolute atomic E-state index is 0.117. The maximum atomic E-state index is 11.9. The molecule has 17 heavy (non-hydrogen) atoms. The molecule has 1 saturated heterocycles. The topological polar surface area (TPSA) is 63.2 Å². The van der Waals surface area contributed by atoms with Gasteiger partial charge in [0.25, 0.3) is 0 Å². The van der Waals surface area contributed by atoms with E-state index < -0.39 is 16.1 Å². The number of thioether (sulfide) groups is 1. The fourth-order valence-corrected chi connectivity index (χ4v) is 3.84. The van der Waals surface area contributed by atoms with Gasteiger partial charge in [-0.2, -0.15) is 4.72 Å². The third kappa shape index (κ3) is 3.01. The van der Waals surface area contributed by atoms with Gasteiger partial charge in [0.2, 0.25) is 15.1 Å². The van der Waals surface area contributed by atoms with E-state index in [0.29, 0.717) is 17.2 Å². The summed E-state index contributed by atoms with van der Waals surface area (Å²) in [5.41, 5.74) is 0. The van der Waals surface area contributed by atoms with Crippen molar-refractivity contribution in [3.63, 3.8) is 0 Å². The number of benzene rings is 1. The summed E-state index contributed by atoms with van der Waals surface area (Å²) >= 11 is 6.84. The van der Waals surface area contributed by atoms with Gasteiger partial charge in [-0.15, -0.1) is 0 Å². The minimum Gasteiger partial charge on any atom is -0.285 e. The zero-order valence-corrected chi connectivity index (χ0v) is 11.1. The highest BCUT2D eigenvalue weighted by molar-refractivity contribution is 8.14. The SMILES string of the molecule is O=C1SCC[C@H]1NS(=O)(=O)c1ccc(Cl)cc1. The van der Waals surface area contributed by atoms with Crippen LogP contribution in [0.15, 0.2) is 29.2 Å². The summed E-state index contributed by atoms with van der Waals surface area (Å²) in [4.78, 5) is 11.5. The van der Waals surface area contributed by atoms with Gasteiger partial charge in [0.1, 0.15) is 0 Å². The quantitative estimate of drug-likeness (QED) is 0.920. The minimum atomic E-state index is -3.64. The number of rotatable bonds is 3. The Morgan fingerprint density at radius 3 is 2.47 bits per heavy atom. The van der Waals surface area contributed by atoms with E-state index in [4.69, 9.17) is 11.6 Å². The first-order valence-corrected chi connectivity index (χ1v) is 7.78. The number of sulfonamides is 1. The molecule has 2 rings (SSSR count). The second-order valence-corrected chi connectivity index (χ2v) is 6.83. The van der Waals surface area contributed by atoms with Crippen LogP contribution in [0.2, 0.25) is 5.02 Å². The lowest BCUT2D eigenvalue weighted by molar-refractivity contribution is -0.111. The zero-order valence-electron chi connectivity index (χ0n) is 8.72. The first kappa shape index (κ1) is 12.9. The molecule has 1 aliphatic rings. The summed E-state index contributed by atoms with van der Waals surface area (Å²) in [7, 11) is -3.64. The van der Waals surface area contributed by atoms with Crippen LogP contribution in [0.5, 0.6) is 0 Å². The number of nitrogens with one attached hydrogen (secondary N) is 1. The summed E-state index contributed by atoms with van der Waals surface area (Å²) in [6.07, 6.45) is 0.538. The molecule has 0 unspecified atom stereocenters. The van der Waals surface area contributed by atoms with Gasteiger partial charge in [-0.3, -0.25) is 4.79 Å². The van der Waals surface area contributed by atoms with Crippen molar-refractivity contribution in [1.29, 1.82) is 0 Å². The van der Waals surface area contributed by atoms with Gasteiger partial charge in [0, 0.05) is 10.8 Å². The summed E-state index contributed by atoms with van der Waals surface area (Å²) < 4.78 is 26.3. The van der Waals surface area contributed by atoms with Gasteiger partial charge in [0.15, 0.2) is 0 Å². The molecule has 1 aromatic rings. The van der Waals surface area contributed by atoms with Crippen LogP contribution in [-0.4, -0.2) is 25.3 Å². The average Bonchev–Trinajstić information content (AvgIpc) is 2.64. The molecule has 92 valence electrons. The van der Waals surface area contributed by atoms with Crippen LogP contribution >= 0.6 is 23.4 Å². The standard InChI is InChI=1S/C10H10ClNO3S2/c11-7-1-3-8(4-2-7)17(14,15)12-9-5-6-16-10(9)13/h1-4,9,12H,5-6H2/t9-/m1/s1. The Kier molecular flexibility index (Phi) is 3.77. The fourth-order valence-electron chi connectivity index (χ4n) is 1.47. The normalized spacial score (nSPS) is 20.8. The van der Waals surface area contributed by atoms with Crippen molar-refractivity contribution in [1.82, 2.24) is 4.72 Å². The number of halogens is 1. The van der Waals surface area contributed by atoms with Gasteiger partial charge >= 0.3 is 0 Å². The largest absolute Gasteiger partial charge is 0.285 e. The fraction of sp³-hybridized carbons (Fsp3) is 0.300. The van der Waals surface area contributed by atoms with Crippen LogP contribution in [0.3, 0.4) is 0 Å². The smallest absolute Gasteiger partial charge is 0.241 e. The lowest BCUT2D eigenvalue weighted by atomic mass is 10.3. The van der Waals surface area contributed by atoms with E-state index in [2.05, 4.69) is 4.72 Å². The molecular weight excluding hydrogens is 282 g/mol. The van der Waals surface area contributed by atoms with E-state index in [1.54, 1.807) is 0 Å². The summed E-state index contributed by atoms with van der Waals surface area (Å²) in [5, 5.41) is 0.346.